The van der Waals surface area contributed by atoms with Gasteiger partial charge in [0.15, 0.2) is 0 Å². The number of nitrogens with two attached hydrogens (primary N) is 2. The van der Waals surface area contributed by atoms with Crippen molar-refractivity contribution >= 4 is 23.9 Å². The first-order valence-electron chi connectivity index (χ1n) is 2.69. The Balaban J connectivity index is 0.000000810. The lowest BCUT2D eigenvalue weighted by Gasteiger charge is -1.97. The highest BCUT2D eigenvalue weighted by molar-refractivity contribution is 5.85. The summed E-state index contributed by atoms with van der Waals surface area (Å²) in [5.74, 6) is 0.515. The van der Waals surface area contributed by atoms with Crippen molar-refractivity contribution in [3.8, 4) is 0 Å². The van der Waals surface area contributed by atoms with Gasteiger partial charge in [-0.1, -0.05) is 0 Å². The molecule has 0 aliphatic heterocycles. The number of nitrogens with zero attached hydrogens (tertiary/aromatic N) is 1. The summed E-state index contributed by atoms with van der Waals surface area (Å²) in [6.07, 6.45) is 0. The summed E-state index contributed by atoms with van der Waals surface area (Å²) in [5.41, 5.74) is 12.3. The van der Waals surface area contributed by atoms with Crippen LogP contribution in [0.1, 0.15) is 5.69 Å². The van der Waals surface area contributed by atoms with E-state index in [9.17, 15) is 0 Å². The Hall–Kier alpha value is -0.960. The topological polar surface area (TPSA) is 64.9 Å². The Labute approximate surface area is 65.8 Å². The number of aryl methyl sites for hydroxylation is 1. The number of nitrogen functional groups attached to an aromatic ring is 2. The fourth-order valence-electron chi connectivity index (χ4n) is 0.591. The molecule has 4 N–H and O–H groups in total. The quantitative estimate of drug-likeness (QED) is 0.593. The van der Waals surface area contributed by atoms with E-state index in [0.29, 0.717) is 11.5 Å². The number of halogens is 1. The summed E-state index contributed by atoms with van der Waals surface area (Å²) < 4.78 is 0. The molecule has 56 valence electrons. The van der Waals surface area contributed by atoms with E-state index in [4.69, 9.17) is 11.5 Å². The Morgan fingerprint density at radius 3 is 2.30 bits per heavy atom. The molecule has 1 aromatic heterocycles. The van der Waals surface area contributed by atoms with Crippen LogP contribution in [0.25, 0.3) is 0 Å². The summed E-state index contributed by atoms with van der Waals surface area (Å²) in [5, 5.41) is 0. The molecule has 3 nitrogen and oxygen atoms in total. The highest BCUT2D eigenvalue weighted by atomic mass is 35.5. The Bertz CT molecular complexity index is 224. The van der Waals surface area contributed by atoms with E-state index >= 15 is 0 Å². The van der Waals surface area contributed by atoms with Gasteiger partial charge in [-0.3, -0.25) is 0 Å². The zero-order valence-corrected chi connectivity index (χ0v) is 6.48. The molecular weight excluding hydrogens is 150 g/mol. The minimum absolute atomic E-state index is 0. The minimum atomic E-state index is 0. The van der Waals surface area contributed by atoms with Gasteiger partial charge in [-0.15, -0.1) is 12.4 Å². The van der Waals surface area contributed by atoms with Crippen molar-refractivity contribution in [2.45, 2.75) is 6.92 Å². The average molecular weight is 160 g/mol. The maximum Gasteiger partial charge on any atom is 0.123 e. The second-order valence-corrected chi connectivity index (χ2v) is 1.91. The standard InChI is InChI=1S/C6H9N3.ClH/c1-4-5(7)2-3-6(8)9-4;/h2-3H,7H2,1H3,(H2,8,9);1H. The van der Waals surface area contributed by atoms with Gasteiger partial charge in [0.2, 0.25) is 0 Å². The number of hydrogen-bond acceptors (Lipinski definition) is 3. The zero-order valence-electron chi connectivity index (χ0n) is 5.66. The second kappa shape index (κ2) is 3.27. The van der Waals surface area contributed by atoms with Crippen LogP contribution < -0.4 is 11.5 Å². The van der Waals surface area contributed by atoms with E-state index in [1.807, 2.05) is 6.92 Å². The summed E-state index contributed by atoms with van der Waals surface area (Å²) in [6, 6.07) is 3.43. The Kier molecular flexibility index (Phi) is 2.96. The summed E-state index contributed by atoms with van der Waals surface area (Å²) >= 11 is 0. The van der Waals surface area contributed by atoms with Gasteiger partial charge in [0.25, 0.3) is 0 Å². The average Bonchev–Trinajstić information content (AvgIpc) is 1.80. The van der Waals surface area contributed by atoms with E-state index in [0.717, 1.165) is 5.69 Å². The first kappa shape index (κ1) is 9.04. The van der Waals surface area contributed by atoms with Crippen molar-refractivity contribution in [2.24, 2.45) is 0 Å². The first-order valence-corrected chi connectivity index (χ1v) is 2.69. The summed E-state index contributed by atoms with van der Waals surface area (Å²) in [7, 11) is 0. The van der Waals surface area contributed by atoms with Crippen molar-refractivity contribution in [1.82, 2.24) is 4.98 Å². The van der Waals surface area contributed by atoms with Crippen molar-refractivity contribution in [3.63, 3.8) is 0 Å². The molecule has 0 aromatic carbocycles. The molecule has 0 unspecified atom stereocenters. The fraction of sp³-hybridized carbons (Fsp3) is 0.167. The van der Waals surface area contributed by atoms with E-state index < -0.39 is 0 Å². The fourth-order valence-corrected chi connectivity index (χ4v) is 0.591. The Morgan fingerprint density at radius 1 is 1.30 bits per heavy atom. The van der Waals surface area contributed by atoms with Crippen LogP contribution in [0.4, 0.5) is 11.5 Å². The normalized spacial score (nSPS) is 8.50. The van der Waals surface area contributed by atoms with Gasteiger partial charge in [0.05, 0.1) is 11.4 Å². The van der Waals surface area contributed by atoms with Crippen LogP contribution in [-0.4, -0.2) is 4.98 Å². The van der Waals surface area contributed by atoms with E-state index in [2.05, 4.69) is 4.98 Å². The molecule has 0 atom stereocenters. The molecule has 4 heteroatoms. The molecule has 0 saturated heterocycles. The predicted molar refractivity (Wildman–Crippen MR) is 45.0 cm³/mol. The number of hydrogen-bond donors (Lipinski definition) is 2. The maximum atomic E-state index is 5.47. The van der Waals surface area contributed by atoms with Gasteiger partial charge in [0.1, 0.15) is 5.82 Å². The van der Waals surface area contributed by atoms with Crippen molar-refractivity contribution in [1.29, 1.82) is 0 Å². The predicted octanol–water partition coefficient (Wildman–Crippen LogP) is 0.976. The van der Waals surface area contributed by atoms with Gasteiger partial charge in [0, 0.05) is 0 Å². The third-order valence-electron chi connectivity index (χ3n) is 1.15. The molecule has 0 bridgehead atoms. The lowest BCUT2D eigenvalue weighted by Crippen LogP contribution is -1.96. The lowest BCUT2D eigenvalue weighted by atomic mass is 10.3. The molecule has 1 aromatic rings. The highest BCUT2D eigenvalue weighted by Crippen LogP contribution is 2.07. The second-order valence-electron chi connectivity index (χ2n) is 1.91. The third-order valence-corrected chi connectivity index (χ3v) is 1.15. The van der Waals surface area contributed by atoms with Gasteiger partial charge in [-0.05, 0) is 19.1 Å². The van der Waals surface area contributed by atoms with Crippen LogP contribution >= 0.6 is 12.4 Å². The monoisotopic (exact) mass is 159 g/mol. The summed E-state index contributed by atoms with van der Waals surface area (Å²) in [4.78, 5) is 3.93. The third kappa shape index (κ3) is 1.77. The number of rotatable bonds is 0. The van der Waals surface area contributed by atoms with Crippen LogP contribution in [0.15, 0.2) is 12.1 Å². The molecule has 0 aliphatic carbocycles. The van der Waals surface area contributed by atoms with Gasteiger partial charge < -0.3 is 11.5 Å². The number of pyridine rings is 1. The molecule has 10 heavy (non-hydrogen) atoms. The van der Waals surface area contributed by atoms with E-state index in [1.165, 1.54) is 0 Å². The summed E-state index contributed by atoms with van der Waals surface area (Å²) in [6.45, 7) is 1.83. The zero-order chi connectivity index (χ0) is 6.85. The van der Waals surface area contributed by atoms with Crippen LogP contribution in [0.2, 0.25) is 0 Å². The molecule has 0 amide bonds. The van der Waals surface area contributed by atoms with Crippen molar-refractivity contribution in [3.05, 3.63) is 17.8 Å². The van der Waals surface area contributed by atoms with Crippen LogP contribution in [0.3, 0.4) is 0 Å². The van der Waals surface area contributed by atoms with Crippen LogP contribution in [0, 0.1) is 6.92 Å². The maximum absolute atomic E-state index is 5.47. The van der Waals surface area contributed by atoms with Gasteiger partial charge in [-0.2, -0.15) is 0 Å². The minimum Gasteiger partial charge on any atom is -0.397 e. The van der Waals surface area contributed by atoms with Crippen molar-refractivity contribution in [2.75, 3.05) is 11.5 Å². The molecule has 1 rings (SSSR count). The molecule has 0 aliphatic rings. The van der Waals surface area contributed by atoms with Crippen molar-refractivity contribution < 1.29 is 0 Å². The lowest BCUT2D eigenvalue weighted by molar-refractivity contribution is 1.22. The molecule has 0 saturated carbocycles. The molecule has 0 radical (unpaired) electrons. The molecule has 0 fully saturated rings. The van der Waals surface area contributed by atoms with E-state index in [-0.39, 0.29) is 12.4 Å². The number of anilines is 2. The van der Waals surface area contributed by atoms with Crippen LogP contribution in [-0.2, 0) is 0 Å². The van der Waals surface area contributed by atoms with Gasteiger partial charge in [-0.25, -0.2) is 4.98 Å². The van der Waals surface area contributed by atoms with E-state index in [1.54, 1.807) is 12.1 Å². The Morgan fingerprint density at radius 2 is 1.90 bits per heavy atom. The highest BCUT2D eigenvalue weighted by Gasteiger charge is 1.91. The first-order chi connectivity index (χ1) is 4.20. The molecular formula is C6H10ClN3. The largest absolute Gasteiger partial charge is 0.397 e. The smallest absolute Gasteiger partial charge is 0.123 e. The molecule has 1 heterocycles. The SMILES string of the molecule is Cc1nc(N)ccc1N.Cl. The molecule has 0 spiro atoms. The number of aromatic nitrogens is 1. The van der Waals surface area contributed by atoms with Gasteiger partial charge >= 0.3 is 0 Å². The van der Waals surface area contributed by atoms with Crippen LogP contribution in [0.5, 0.6) is 0 Å².